The third kappa shape index (κ3) is 10.9. The van der Waals surface area contributed by atoms with Gasteiger partial charge < -0.3 is 31.9 Å². The molecule has 4 unspecified atom stereocenters. The van der Waals surface area contributed by atoms with Crippen molar-refractivity contribution in [2.45, 2.75) is 63.7 Å². The normalized spacial score (nSPS) is 13.8. The molecule has 3 aromatic rings. The second-order valence-corrected chi connectivity index (χ2v) is 11.0. The fraction of sp³-hybridized carbons (Fsp3) is 0.333. The summed E-state index contributed by atoms with van der Waals surface area (Å²) in [4.78, 5) is 52.1. The average molecular weight is 589 g/mol. The summed E-state index contributed by atoms with van der Waals surface area (Å²) in [5, 5.41) is 27.4. The smallest absolute Gasteiger partial charge is 0.326 e. The van der Waals surface area contributed by atoms with E-state index >= 15 is 0 Å². The molecule has 4 atom stereocenters. The van der Waals surface area contributed by atoms with E-state index in [2.05, 4.69) is 16.0 Å². The Labute approximate surface area is 251 Å². The first-order chi connectivity index (χ1) is 20.5. The van der Waals surface area contributed by atoms with Crippen LogP contribution in [0.3, 0.4) is 0 Å². The molecule has 0 saturated carbocycles. The molecule has 0 radical (unpaired) electrons. The van der Waals surface area contributed by atoms with E-state index in [1.54, 1.807) is 12.1 Å². The summed E-state index contributed by atoms with van der Waals surface area (Å²) in [5.41, 5.74) is 8.47. The van der Waals surface area contributed by atoms with Gasteiger partial charge in [0.2, 0.25) is 17.7 Å². The molecule has 0 spiro atoms. The lowest BCUT2D eigenvalue weighted by Gasteiger charge is -2.26. The minimum Gasteiger partial charge on any atom is -0.508 e. The van der Waals surface area contributed by atoms with E-state index in [9.17, 15) is 29.4 Å². The number of benzene rings is 3. The van der Waals surface area contributed by atoms with Gasteiger partial charge in [0.1, 0.15) is 23.9 Å². The van der Waals surface area contributed by atoms with Crippen molar-refractivity contribution < 1.29 is 29.4 Å². The zero-order chi connectivity index (χ0) is 31.4. The number of aliphatic carboxylic acids is 1. The molecule has 228 valence electrons. The van der Waals surface area contributed by atoms with E-state index in [-0.39, 0.29) is 37.4 Å². The van der Waals surface area contributed by atoms with Crippen LogP contribution in [0.1, 0.15) is 37.0 Å². The van der Waals surface area contributed by atoms with Crippen molar-refractivity contribution in [2.75, 3.05) is 0 Å². The number of hydrogen-bond acceptors (Lipinski definition) is 6. The molecular formula is C33H40N4O6. The molecule has 0 aromatic heterocycles. The lowest BCUT2D eigenvalue weighted by atomic mass is 10.00. The summed E-state index contributed by atoms with van der Waals surface area (Å²) in [6.45, 7) is 3.69. The Morgan fingerprint density at radius 1 is 0.628 bits per heavy atom. The van der Waals surface area contributed by atoms with Crippen LogP contribution >= 0.6 is 0 Å². The number of hydrogen-bond donors (Lipinski definition) is 6. The Bertz CT molecular complexity index is 1350. The number of rotatable bonds is 15. The van der Waals surface area contributed by atoms with Crippen molar-refractivity contribution in [1.29, 1.82) is 0 Å². The maximum atomic E-state index is 13.7. The van der Waals surface area contributed by atoms with E-state index < -0.39 is 47.9 Å². The molecule has 0 bridgehead atoms. The number of nitrogens with two attached hydrogens (primary N) is 1. The SMILES string of the molecule is CC(C)CC(NC(=O)C(Cc1ccc(O)cc1)NC(=O)C(Cc1ccccc1)NC(=O)C(N)Cc1ccccc1)C(=O)O. The number of carbonyl (C=O) groups is 4. The Hall–Kier alpha value is -4.70. The van der Waals surface area contributed by atoms with Gasteiger partial charge in [-0.25, -0.2) is 4.79 Å². The monoisotopic (exact) mass is 588 g/mol. The first kappa shape index (κ1) is 32.8. The van der Waals surface area contributed by atoms with Crippen LogP contribution in [0.4, 0.5) is 0 Å². The largest absolute Gasteiger partial charge is 0.508 e. The Morgan fingerprint density at radius 3 is 1.51 bits per heavy atom. The van der Waals surface area contributed by atoms with Crippen LogP contribution in [0.25, 0.3) is 0 Å². The third-order valence-electron chi connectivity index (χ3n) is 6.88. The van der Waals surface area contributed by atoms with Gasteiger partial charge in [-0.3, -0.25) is 14.4 Å². The molecule has 43 heavy (non-hydrogen) atoms. The fourth-order valence-corrected chi connectivity index (χ4v) is 4.61. The number of phenolic OH excluding ortho intramolecular Hbond substituents is 1. The van der Waals surface area contributed by atoms with Crippen molar-refractivity contribution in [3.8, 4) is 5.75 Å². The van der Waals surface area contributed by atoms with Crippen molar-refractivity contribution in [2.24, 2.45) is 11.7 Å². The molecule has 3 rings (SSSR count). The van der Waals surface area contributed by atoms with Gasteiger partial charge in [-0.1, -0.05) is 86.6 Å². The first-order valence-electron chi connectivity index (χ1n) is 14.3. The second-order valence-electron chi connectivity index (χ2n) is 11.0. The van der Waals surface area contributed by atoms with Gasteiger partial charge >= 0.3 is 5.97 Å². The highest BCUT2D eigenvalue weighted by Gasteiger charge is 2.31. The second kappa shape index (κ2) is 16.1. The van der Waals surface area contributed by atoms with Crippen LogP contribution in [0.2, 0.25) is 0 Å². The Morgan fingerprint density at radius 2 is 1.05 bits per heavy atom. The van der Waals surface area contributed by atoms with Crippen molar-refractivity contribution in [3.05, 3.63) is 102 Å². The molecule has 3 amide bonds. The number of carbonyl (C=O) groups excluding carboxylic acids is 3. The number of carboxylic acid groups (broad SMARTS) is 1. The molecule has 0 saturated heterocycles. The van der Waals surface area contributed by atoms with E-state index in [0.717, 1.165) is 11.1 Å². The zero-order valence-corrected chi connectivity index (χ0v) is 24.4. The minimum atomic E-state index is -1.18. The maximum absolute atomic E-state index is 13.7. The van der Waals surface area contributed by atoms with Gasteiger partial charge in [0.05, 0.1) is 6.04 Å². The Balaban J connectivity index is 1.83. The van der Waals surface area contributed by atoms with Gasteiger partial charge in [-0.15, -0.1) is 0 Å². The summed E-state index contributed by atoms with van der Waals surface area (Å²) in [5.74, 6) is -2.98. The van der Waals surface area contributed by atoms with Gasteiger partial charge in [-0.2, -0.15) is 0 Å². The highest BCUT2D eigenvalue weighted by atomic mass is 16.4. The predicted octanol–water partition coefficient (Wildman–Crippen LogP) is 2.33. The summed E-state index contributed by atoms with van der Waals surface area (Å²) in [6, 6.07) is 20.2. The number of amides is 3. The van der Waals surface area contributed by atoms with E-state index in [1.165, 1.54) is 12.1 Å². The quantitative estimate of drug-likeness (QED) is 0.158. The van der Waals surface area contributed by atoms with Crippen LogP contribution in [-0.2, 0) is 38.4 Å². The van der Waals surface area contributed by atoms with Crippen LogP contribution in [-0.4, -0.2) is 58.1 Å². The Kier molecular flexibility index (Phi) is 12.3. The molecule has 10 heteroatoms. The fourth-order valence-electron chi connectivity index (χ4n) is 4.61. The van der Waals surface area contributed by atoms with E-state index in [0.29, 0.717) is 5.56 Å². The summed E-state index contributed by atoms with van der Waals surface area (Å²) >= 11 is 0. The van der Waals surface area contributed by atoms with Crippen LogP contribution in [0, 0.1) is 5.92 Å². The van der Waals surface area contributed by atoms with Crippen molar-refractivity contribution in [1.82, 2.24) is 16.0 Å². The molecule has 0 aliphatic carbocycles. The summed E-state index contributed by atoms with van der Waals surface area (Å²) < 4.78 is 0. The average Bonchev–Trinajstić information content (AvgIpc) is 2.97. The van der Waals surface area contributed by atoms with Gasteiger partial charge in [0, 0.05) is 12.8 Å². The molecule has 0 aliphatic heterocycles. The van der Waals surface area contributed by atoms with E-state index in [4.69, 9.17) is 5.73 Å². The zero-order valence-electron chi connectivity index (χ0n) is 24.4. The summed E-state index contributed by atoms with van der Waals surface area (Å²) in [7, 11) is 0. The predicted molar refractivity (Wildman–Crippen MR) is 163 cm³/mol. The van der Waals surface area contributed by atoms with Gasteiger partial charge in [-0.05, 0) is 47.6 Å². The molecule has 0 fully saturated rings. The molecule has 3 aromatic carbocycles. The first-order valence-corrected chi connectivity index (χ1v) is 14.3. The van der Waals surface area contributed by atoms with Crippen LogP contribution < -0.4 is 21.7 Å². The molecular weight excluding hydrogens is 548 g/mol. The van der Waals surface area contributed by atoms with E-state index in [1.807, 2.05) is 74.5 Å². The maximum Gasteiger partial charge on any atom is 0.326 e. The van der Waals surface area contributed by atoms with Gasteiger partial charge in [0.25, 0.3) is 0 Å². The molecule has 0 aliphatic rings. The number of nitrogens with one attached hydrogen (secondary N) is 3. The molecule has 0 heterocycles. The lowest BCUT2D eigenvalue weighted by molar-refractivity contribution is -0.142. The van der Waals surface area contributed by atoms with Gasteiger partial charge in [0.15, 0.2) is 0 Å². The molecule has 7 N–H and O–H groups in total. The highest BCUT2D eigenvalue weighted by molar-refractivity contribution is 5.94. The standard InChI is InChI=1S/C33H40N4O6/c1-21(2)17-29(33(42)43)37-32(41)28(20-24-13-15-25(38)16-14-24)36-31(40)27(19-23-11-7-4-8-12-23)35-30(39)26(34)18-22-9-5-3-6-10-22/h3-16,21,26-29,38H,17-20,34H2,1-2H3,(H,35,39)(H,36,40)(H,37,41)(H,42,43). The van der Waals surface area contributed by atoms with Crippen LogP contribution in [0.15, 0.2) is 84.9 Å². The lowest BCUT2D eigenvalue weighted by Crippen LogP contribution is -2.58. The number of aromatic hydroxyl groups is 1. The molecule has 10 nitrogen and oxygen atoms in total. The summed E-state index contributed by atoms with van der Waals surface area (Å²) in [6.07, 6.45) is 0.623. The van der Waals surface area contributed by atoms with Crippen LogP contribution in [0.5, 0.6) is 5.75 Å². The minimum absolute atomic E-state index is 0.00269. The third-order valence-corrected chi connectivity index (χ3v) is 6.88. The number of carboxylic acids is 1. The topological polar surface area (TPSA) is 171 Å². The van der Waals surface area contributed by atoms with Crippen molar-refractivity contribution in [3.63, 3.8) is 0 Å². The highest BCUT2D eigenvalue weighted by Crippen LogP contribution is 2.13. The number of phenols is 1. The van der Waals surface area contributed by atoms with Crippen molar-refractivity contribution >= 4 is 23.7 Å².